The van der Waals surface area contributed by atoms with Crippen molar-refractivity contribution < 1.29 is 24.4 Å². The molecule has 0 aliphatic rings. The number of nitro groups is 1. The first kappa shape index (κ1) is 20.4. The van der Waals surface area contributed by atoms with Crippen LogP contribution in [-0.4, -0.2) is 40.9 Å². The highest BCUT2D eigenvalue weighted by Gasteiger charge is 2.24. The molecule has 1 unspecified atom stereocenters. The minimum Gasteiger partial charge on any atom is -0.481 e. The number of carbonyl (C=O) groups is 3. The van der Waals surface area contributed by atoms with Gasteiger partial charge in [-0.15, -0.1) is 0 Å². The van der Waals surface area contributed by atoms with Gasteiger partial charge in [-0.05, 0) is 12.5 Å². The standard InChI is InChI=1S/C15H18ClN3O6/c1-2-4-9(15(22)23)7-17-12(20)8-18-14(21)13-10(16)5-3-6-11(13)19(24)25/h3,5-6,9H,2,4,7-8H2,1H3,(H,17,20)(H,18,21)(H,22,23). The number of hydrogen-bond acceptors (Lipinski definition) is 5. The zero-order valence-corrected chi connectivity index (χ0v) is 14.2. The van der Waals surface area contributed by atoms with Gasteiger partial charge >= 0.3 is 5.97 Å². The number of nitrogens with one attached hydrogen (secondary N) is 2. The van der Waals surface area contributed by atoms with Crippen molar-refractivity contribution in [2.24, 2.45) is 5.92 Å². The van der Waals surface area contributed by atoms with E-state index in [2.05, 4.69) is 10.6 Å². The number of hydrogen-bond donors (Lipinski definition) is 3. The second kappa shape index (κ2) is 9.58. The lowest BCUT2D eigenvalue weighted by Crippen LogP contribution is -2.40. The molecule has 9 nitrogen and oxygen atoms in total. The zero-order chi connectivity index (χ0) is 19.0. The van der Waals surface area contributed by atoms with Crippen LogP contribution in [0.3, 0.4) is 0 Å². The van der Waals surface area contributed by atoms with E-state index < -0.39 is 40.9 Å². The fourth-order valence-electron chi connectivity index (χ4n) is 2.10. The lowest BCUT2D eigenvalue weighted by Gasteiger charge is -2.13. The molecule has 0 aliphatic heterocycles. The van der Waals surface area contributed by atoms with Crippen molar-refractivity contribution in [1.82, 2.24) is 10.6 Å². The van der Waals surface area contributed by atoms with Gasteiger partial charge in [0.05, 0.1) is 22.4 Å². The second-order valence-electron chi connectivity index (χ2n) is 5.20. The Morgan fingerprint density at radius 1 is 1.32 bits per heavy atom. The van der Waals surface area contributed by atoms with Crippen LogP contribution in [0.15, 0.2) is 18.2 Å². The Morgan fingerprint density at radius 3 is 2.56 bits per heavy atom. The van der Waals surface area contributed by atoms with E-state index in [1.165, 1.54) is 12.1 Å². The third kappa shape index (κ3) is 6.03. The van der Waals surface area contributed by atoms with Gasteiger partial charge in [0.2, 0.25) is 5.91 Å². The topological polar surface area (TPSA) is 139 Å². The summed E-state index contributed by atoms with van der Waals surface area (Å²) in [5.41, 5.74) is -0.810. The summed E-state index contributed by atoms with van der Waals surface area (Å²) in [6.45, 7) is 1.30. The van der Waals surface area contributed by atoms with Gasteiger partial charge in [0, 0.05) is 12.6 Å². The number of nitro benzene ring substituents is 1. The van der Waals surface area contributed by atoms with E-state index in [1.54, 1.807) is 0 Å². The average Bonchev–Trinajstić information content (AvgIpc) is 2.55. The Labute approximate surface area is 148 Å². The second-order valence-corrected chi connectivity index (χ2v) is 5.61. The number of halogens is 1. The Morgan fingerprint density at radius 2 is 2.00 bits per heavy atom. The maximum Gasteiger partial charge on any atom is 0.308 e. The Hall–Kier alpha value is -2.68. The summed E-state index contributed by atoms with van der Waals surface area (Å²) >= 11 is 5.82. The van der Waals surface area contributed by atoms with E-state index in [4.69, 9.17) is 16.7 Å². The monoisotopic (exact) mass is 371 g/mol. The molecule has 1 aromatic carbocycles. The van der Waals surface area contributed by atoms with E-state index >= 15 is 0 Å². The molecule has 10 heteroatoms. The van der Waals surface area contributed by atoms with Gasteiger partial charge < -0.3 is 15.7 Å². The van der Waals surface area contributed by atoms with E-state index in [-0.39, 0.29) is 17.1 Å². The van der Waals surface area contributed by atoms with Crippen molar-refractivity contribution in [3.8, 4) is 0 Å². The summed E-state index contributed by atoms with van der Waals surface area (Å²) in [5, 5.41) is 24.5. The number of carboxylic acid groups (broad SMARTS) is 1. The van der Waals surface area contributed by atoms with Crippen LogP contribution in [0.1, 0.15) is 30.1 Å². The summed E-state index contributed by atoms with van der Waals surface area (Å²) in [6.07, 6.45) is 1.06. The van der Waals surface area contributed by atoms with E-state index in [9.17, 15) is 24.5 Å². The van der Waals surface area contributed by atoms with Crippen LogP contribution in [0, 0.1) is 16.0 Å². The molecule has 1 rings (SSSR count). The van der Waals surface area contributed by atoms with Crippen LogP contribution >= 0.6 is 11.6 Å². The average molecular weight is 372 g/mol. The number of benzene rings is 1. The zero-order valence-electron chi connectivity index (χ0n) is 13.5. The maximum atomic E-state index is 12.1. The van der Waals surface area contributed by atoms with Crippen molar-refractivity contribution in [3.63, 3.8) is 0 Å². The minimum absolute atomic E-state index is 0.0654. The SMILES string of the molecule is CCCC(CNC(=O)CNC(=O)c1c(Cl)cccc1[N+](=O)[O-])C(=O)O. The lowest BCUT2D eigenvalue weighted by molar-refractivity contribution is -0.385. The van der Waals surface area contributed by atoms with Gasteiger partial charge in [-0.1, -0.05) is 31.0 Å². The third-order valence-electron chi connectivity index (χ3n) is 3.36. The maximum absolute atomic E-state index is 12.1. The van der Waals surface area contributed by atoms with E-state index in [0.717, 1.165) is 6.07 Å². The quantitative estimate of drug-likeness (QED) is 0.445. The van der Waals surface area contributed by atoms with Gasteiger partial charge in [-0.3, -0.25) is 24.5 Å². The molecule has 0 saturated carbocycles. The highest BCUT2D eigenvalue weighted by molar-refractivity contribution is 6.34. The number of aliphatic carboxylic acids is 1. The number of rotatable bonds is 9. The highest BCUT2D eigenvalue weighted by Crippen LogP contribution is 2.25. The summed E-state index contributed by atoms with van der Waals surface area (Å²) < 4.78 is 0. The fraction of sp³-hybridized carbons (Fsp3) is 0.400. The fourth-order valence-corrected chi connectivity index (χ4v) is 2.35. The van der Waals surface area contributed by atoms with Crippen molar-refractivity contribution in [1.29, 1.82) is 0 Å². The van der Waals surface area contributed by atoms with Crippen molar-refractivity contribution in [2.75, 3.05) is 13.1 Å². The number of amides is 2. The predicted octanol–water partition coefficient (Wildman–Crippen LogP) is 1.60. The number of carboxylic acids is 1. The molecule has 2 amide bonds. The lowest BCUT2D eigenvalue weighted by atomic mass is 10.0. The van der Waals surface area contributed by atoms with Gasteiger partial charge in [0.15, 0.2) is 0 Å². The third-order valence-corrected chi connectivity index (χ3v) is 3.67. The molecular weight excluding hydrogens is 354 g/mol. The number of carbonyl (C=O) groups excluding carboxylic acids is 2. The normalized spacial score (nSPS) is 11.4. The summed E-state index contributed by atoms with van der Waals surface area (Å²) in [4.78, 5) is 45.0. The molecule has 0 aliphatic carbocycles. The largest absolute Gasteiger partial charge is 0.481 e. The van der Waals surface area contributed by atoms with Gasteiger partial charge in [0.1, 0.15) is 5.56 Å². The van der Waals surface area contributed by atoms with Crippen molar-refractivity contribution in [2.45, 2.75) is 19.8 Å². The summed E-state index contributed by atoms with van der Waals surface area (Å²) in [5.74, 6) is -3.20. The van der Waals surface area contributed by atoms with Crippen LogP contribution in [0.2, 0.25) is 5.02 Å². The molecule has 136 valence electrons. The molecule has 0 saturated heterocycles. The summed E-state index contributed by atoms with van der Waals surface area (Å²) in [7, 11) is 0. The first-order valence-corrected chi connectivity index (χ1v) is 7.86. The Kier molecular flexibility index (Phi) is 7.80. The molecule has 1 aromatic rings. The molecule has 0 aromatic heterocycles. The van der Waals surface area contributed by atoms with E-state index in [0.29, 0.717) is 12.8 Å². The highest BCUT2D eigenvalue weighted by atomic mass is 35.5. The Balaban J connectivity index is 2.64. The van der Waals surface area contributed by atoms with Crippen LogP contribution in [-0.2, 0) is 9.59 Å². The van der Waals surface area contributed by atoms with Gasteiger partial charge in [-0.2, -0.15) is 0 Å². The molecule has 0 fully saturated rings. The Bertz CT molecular complexity index is 679. The molecule has 0 spiro atoms. The molecule has 0 bridgehead atoms. The predicted molar refractivity (Wildman–Crippen MR) is 89.5 cm³/mol. The molecule has 3 N–H and O–H groups in total. The molecule has 0 heterocycles. The van der Waals surface area contributed by atoms with Gasteiger partial charge in [-0.25, -0.2) is 0 Å². The van der Waals surface area contributed by atoms with Crippen LogP contribution in [0.25, 0.3) is 0 Å². The molecular formula is C15H18ClN3O6. The van der Waals surface area contributed by atoms with Crippen LogP contribution in [0.5, 0.6) is 0 Å². The van der Waals surface area contributed by atoms with Crippen molar-refractivity contribution in [3.05, 3.63) is 38.9 Å². The molecule has 1 atom stereocenters. The smallest absolute Gasteiger partial charge is 0.308 e. The summed E-state index contributed by atoms with van der Waals surface area (Å²) in [6, 6.07) is 3.79. The van der Waals surface area contributed by atoms with Gasteiger partial charge in [0.25, 0.3) is 11.6 Å². The van der Waals surface area contributed by atoms with Crippen molar-refractivity contribution >= 4 is 35.1 Å². The first-order chi connectivity index (χ1) is 11.8. The molecule has 0 radical (unpaired) electrons. The van der Waals surface area contributed by atoms with Crippen LogP contribution in [0.4, 0.5) is 5.69 Å². The minimum atomic E-state index is -1.02. The number of nitrogens with zero attached hydrogens (tertiary/aromatic N) is 1. The molecule has 25 heavy (non-hydrogen) atoms. The van der Waals surface area contributed by atoms with Crippen LogP contribution < -0.4 is 10.6 Å². The van der Waals surface area contributed by atoms with E-state index in [1.807, 2.05) is 6.92 Å². The first-order valence-electron chi connectivity index (χ1n) is 7.48.